The predicted molar refractivity (Wildman–Crippen MR) is 143 cm³/mol. The number of nitrogens with two attached hydrogens (primary N) is 1. The number of hydrogen-bond acceptors (Lipinski definition) is 7. The van der Waals surface area contributed by atoms with Gasteiger partial charge in [0.05, 0.1) is 6.07 Å². The largest absolute Gasteiger partial charge is 0.451 e. The molecule has 3 aromatic rings. The first-order valence-corrected chi connectivity index (χ1v) is 13.0. The molecule has 2 saturated carbocycles. The van der Waals surface area contributed by atoms with Crippen LogP contribution in [0.25, 0.3) is 22.1 Å². The van der Waals surface area contributed by atoms with E-state index >= 15 is 0 Å². The zero-order valence-corrected chi connectivity index (χ0v) is 22.1. The molecule has 5 rings (SSSR count). The van der Waals surface area contributed by atoms with Gasteiger partial charge < -0.3 is 19.8 Å². The molecule has 14 heteroatoms. The molecule has 2 amide bonds. The fourth-order valence-electron chi connectivity index (χ4n) is 4.95. The summed E-state index contributed by atoms with van der Waals surface area (Å²) in [6.45, 7) is -3.14. The van der Waals surface area contributed by atoms with Crippen molar-refractivity contribution in [3.8, 4) is 22.9 Å². The summed E-state index contributed by atoms with van der Waals surface area (Å²) in [7, 11) is 0. The molecule has 0 saturated heterocycles. The molecule has 2 aliphatic carbocycles. The maximum atomic E-state index is 14.0. The molecule has 0 radical (unpaired) electrons. The van der Waals surface area contributed by atoms with Crippen LogP contribution in [0.15, 0.2) is 46.9 Å². The summed E-state index contributed by atoms with van der Waals surface area (Å²) in [6, 6.07) is 12.6. The molecule has 2 fully saturated rings. The molecule has 1 heterocycles. The molecule has 0 aliphatic heterocycles. The smallest absolute Gasteiger partial charge is 0.387 e. The molecule has 42 heavy (non-hydrogen) atoms. The topological polar surface area (TPSA) is 157 Å². The quantitative estimate of drug-likeness (QED) is 0.0919. The van der Waals surface area contributed by atoms with Crippen molar-refractivity contribution in [1.29, 1.82) is 10.7 Å². The van der Waals surface area contributed by atoms with E-state index in [1.54, 1.807) is 24.3 Å². The molecule has 0 atom stereocenters. The Labute approximate surface area is 236 Å². The zero-order chi connectivity index (χ0) is 30.3. The van der Waals surface area contributed by atoms with Gasteiger partial charge in [0.1, 0.15) is 28.7 Å². The first kappa shape index (κ1) is 28.9. The number of nitrogens with one attached hydrogen (secondary N) is 3. The highest BCUT2D eigenvalue weighted by atomic mass is 19.3. The van der Waals surface area contributed by atoms with Crippen LogP contribution in [0.3, 0.4) is 0 Å². The second-order valence-electron chi connectivity index (χ2n) is 10.5. The van der Waals surface area contributed by atoms with Gasteiger partial charge in [0.2, 0.25) is 11.8 Å². The minimum Gasteiger partial charge on any atom is -0.451 e. The summed E-state index contributed by atoms with van der Waals surface area (Å²) in [5, 5.41) is 23.2. The normalized spacial score (nSPS) is 18.1. The van der Waals surface area contributed by atoms with Gasteiger partial charge in [-0.1, -0.05) is 18.2 Å². The van der Waals surface area contributed by atoms with Crippen LogP contribution >= 0.6 is 0 Å². The van der Waals surface area contributed by atoms with Crippen molar-refractivity contribution in [2.24, 2.45) is 5.84 Å². The van der Waals surface area contributed by atoms with Crippen molar-refractivity contribution in [3.05, 3.63) is 48.2 Å². The Morgan fingerprint density at radius 3 is 2.33 bits per heavy atom. The first-order valence-electron chi connectivity index (χ1n) is 13.0. The fourth-order valence-corrected chi connectivity index (χ4v) is 4.95. The Hall–Kier alpha value is -4.64. The van der Waals surface area contributed by atoms with Gasteiger partial charge in [-0.15, -0.1) is 0 Å². The Bertz CT molecular complexity index is 1590. The lowest BCUT2D eigenvalue weighted by molar-refractivity contribution is -0.133. The molecule has 10 nitrogen and oxygen atoms in total. The SMILES string of the molecule is N#CC1(NC(=O)C2(NC(=O)c3cc4ccc(-c5ccc(N(N)C=N)c(OC(F)F)c5)cc4o3)CCC(F)(F)CC2)CC1. The number of rotatable bonds is 9. The number of fused-ring (bicyclic) bond motifs is 1. The van der Waals surface area contributed by atoms with Crippen LogP contribution in [-0.4, -0.2) is 41.8 Å². The van der Waals surface area contributed by atoms with Crippen molar-refractivity contribution in [2.45, 2.75) is 62.1 Å². The van der Waals surface area contributed by atoms with Crippen LogP contribution < -0.4 is 26.2 Å². The Morgan fingerprint density at radius 2 is 1.71 bits per heavy atom. The van der Waals surface area contributed by atoms with E-state index in [9.17, 15) is 32.4 Å². The van der Waals surface area contributed by atoms with Crippen LogP contribution in [-0.2, 0) is 4.79 Å². The van der Waals surface area contributed by atoms with Gasteiger partial charge >= 0.3 is 6.61 Å². The minimum absolute atomic E-state index is 0.0351. The molecule has 1 aromatic heterocycles. The van der Waals surface area contributed by atoms with Crippen molar-refractivity contribution < 1.29 is 36.3 Å². The lowest BCUT2D eigenvalue weighted by Gasteiger charge is -2.39. The number of carbonyl (C=O) groups excluding carboxylic acids is 2. The van der Waals surface area contributed by atoms with Gasteiger partial charge in [0.15, 0.2) is 11.5 Å². The third-order valence-corrected chi connectivity index (χ3v) is 7.61. The Morgan fingerprint density at radius 1 is 1.05 bits per heavy atom. The number of halogens is 4. The molecular formula is C28H26F4N6O4. The molecule has 0 bridgehead atoms. The lowest BCUT2D eigenvalue weighted by atomic mass is 9.78. The number of anilines is 1. The number of ether oxygens (including phenoxy) is 1. The number of carbonyl (C=O) groups is 2. The van der Waals surface area contributed by atoms with Crippen molar-refractivity contribution in [2.75, 3.05) is 5.01 Å². The summed E-state index contributed by atoms with van der Waals surface area (Å²) in [5.74, 6) is 0.761. The third-order valence-electron chi connectivity index (χ3n) is 7.61. The summed E-state index contributed by atoms with van der Waals surface area (Å²) in [6.07, 6.45) is -0.251. The monoisotopic (exact) mass is 586 g/mol. The maximum absolute atomic E-state index is 14.0. The van der Waals surface area contributed by atoms with Gasteiger partial charge in [-0.05, 0) is 61.1 Å². The molecule has 2 aliphatic rings. The fraction of sp³-hybridized carbons (Fsp3) is 0.357. The summed E-state index contributed by atoms with van der Waals surface area (Å²) in [5.41, 5.74) is -1.44. The van der Waals surface area contributed by atoms with Gasteiger partial charge in [0.25, 0.3) is 5.91 Å². The lowest BCUT2D eigenvalue weighted by Crippen LogP contribution is -2.62. The van der Waals surface area contributed by atoms with E-state index in [4.69, 9.17) is 15.7 Å². The van der Waals surface area contributed by atoms with Crippen LogP contribution in [0.4, 0.5) is 23.2 Å². The van der Waals surface area contributed by atoms with Gasteiger partial charge in [-0.2, -0.15) is 14.0 Å². The van der Waals surface area contributed by atoms with E-state index in [0.29, 0.717) is 29.4 Å². The van der Waals surface area contributed by atoms with Crippen LogP contribution in [0.2, 0.25) is 0 Å². The molecular weight excluding hydrogens is 560 g/mol. The standard InChI is InChI=1S/C28H26F4N6O4/c29-25(30)42-21-12-17(3-4-19(21)38(35)15-34)16-1-2-18-13-22(41-20(18)11-16)23(39)36-27(7-9-28(31,32)10-8-27)24(40)37-26(14-33)5-6-26/h1-4,11-13,15,25,34H,5-10,35H2,(H,36,39)(H,37,40). The van der Waals surface area contributed by atoms with Gasteiger partial charge in [-0.25, -0.2) is 14.6 Å². The maximum Gasteiger partial charge on any atom is 0.387 e. The minimum atomic E-state index is -3.14. The van der Waals surface area contributed by atoms with E-state index in [1.165, 1.54) is 18.2 Å². The first-order chi connectivity index (χ1) is 19.9. The number of amides is 2. The molecule has 5 N–H and O–H groups in total. The van der Waals surface area contributed by atoms with Crippen molar-refractivity contribution in [3.63, 3.8) is 0 Å². The van der Waals surface area contributed by atoms with E-state index in [0.717, 1.165) is 11.3 Å². The van der Waals surface area contributed by atoms with E-state index < -0.39 is 48.3 Å². The second kappa shape index (κ2) is 10.6. The van der Waals surface area contributed by atoms with E-state index in [1.807, 2.05) is 6.07 Å². The molecule has 0 unspecified atom stereocenters. The van der Waals surface area contributed by atoms with Crippen LogP contribution in [0.5, 0.6) is 5.75 Å². The van der Waals surface area contributed by atoms with Crippen LogP contribution in [0.1, 0.15) is 49.1 Å². The number of hydrogen-bond donors (Lipinski definition) is 4. The van der Waals surface area contributed by atoms with Gasteiger partial charge in [0, 0.05) is 18.2 Å². The van der Waals surface area contributed by atoms with Crippen molar-refractivity contribution >= 4 is 34.8 Å². The molecule has 2 aromatic carbocycles. The Kier molecular flexibility index (Phi) is 7.32. The number of nitrogens with zero attached hydrogens (tertiary/aromatic N) is 2. The number of nitriles is 1. The summed E-state index contributed by atoms with van der Waals surface area (Å²) in [4.78, 5) is 26.5. The Balaban J connectivity index is 1.41. The molecule has 220 valence electrons. The zero-order valence-electron chi connectivity index (χ0n) is 22.1. The summed E-state index contributed by atoms with van der Waals surface area (Å²) >= 11 is 0. The highest BCUT2D eigenvalue weighted by Gasteiger charge is 2.53. The van der Waals surface area contributed by atoms with E-state index in [-0.39, 0.29) is 35.6 Å². The second-order valence-corrected chi connectivity index (χ2v) is 10.5. The highest BCUT2D eigenvalue weighted by molar-refractivity contribution is 6.01. The average Bonchev–Trinajstić information content (AvgIpc) is 3.60. The number of hydrazine groups is 1. The van der Waals surface area contributed by atoms with Gasteiger partial charge in [-0.3, -0.25) is 20.0 Å². The highest BCUT2D eigenvalue weighted by Crippen LogP contribution is 2.41. The van der Waals surface area contributed by atoms with Crippen LogP contribution in [0, 0.1) is 16.7 Å². The number of benzene rings is 2. The van der Waals surface area contributed by atoms with E-state index in [2.05, 4.69) is 15.4 Å². The number of furan rings is 1. The number of alkyl halides is 4. The predicted octanol–water partition coefficient (Wildman–Crippen LogP) is 4.84. The van der Waals surface area contributed by atoms with Crippen molar-refractivity contribution in [1.82, 2.24) is 10.6 Å². The average molecular weight is 587 g/mol. The third kappa shape index (κ3) is 5.73. The summed E-state index contributed by atoms with van der Waals surface area (Å²) < 4.78 is 64.3. The molecule has 0 spiro atoms.